The number of aliphatic hydroxyl groups is 1. The zero-order valence-electron chi connectivity index (χ0n) is 22.8. The van der Waals surface area contributed by atoms with Crippen molar-refractivity contribution in [1.29, 1.82) is 0 Å². The Morgan fingerprint density at radius 1 is 1.24 bits per heavy atom. The Morgan fingerprint density at radius 2 is 1.89 bits per heavy atom. The standard InChI is InChI=1S/C28H39N3O5S2/c1-6-31(7-2)26(34)17(3)20-13-14-28(5)15-21-24(18(4)23(28)25(20)33)30-27(37-21)29-22(32)16-38(35,36)19-11-9-8-10-12-19/h8-12,17-18,20,23,25,33H,6-7,13-16H2,1-5H3,(H,29,30,32)/t17-,18-,20-,23+,25-,28-/m0/s1. The second-order valence-corrected chi connectivity index (χ2v) is 14.2. The average Bonchev–Trinajstić information content (AvgIpc) is 3.26. The van der Waals surface area contributed by atoms with E-state index < -0.39 is 27.6 Å². The molecule has 38 heavy (non-hydrogen) atoms. The van der Waals surface area contributed by atoms with Crippen molar-refractivity contribution in [1.82, 2.24) is 9.88 Å². The smallest absolute Gasteiger partial charge is 0.241 e. The fourth-order valence-electron chi connectivity index (χ4n) is 6.65. The first kappa shape index (κ1) is 28.7. The van der Waals surface area contributed by atoms with E-state index in [4.69, 9.17) is 4.98 Å². The second kappa shape index (κ2) is 11.1. The Balaban J connectivity index is 1.51. The quantitative estimate of drug-likeness (QED) is 0.501. The van der Waals surface area contributed by atoms with Crippen molar-refractivity contribution >= 4 is 38.1 Å². The summed E-state index contributed by atoms with van der Waals surface area (Å²) < 4.78 is 25.2. The largest absolute Gasteiger partial charge is 0.392 e. The predicted octanol–water partition coefficient (Wildman–Crippen LogP) is 4.11. The Bertz CT molecular complexity index is 1270. The molecule has 208 valence electrons. The third-order valence-electron chi connectivity index (χ3n) is 8.70. The summed E-state index contributed by atoms with van der Waals surface area (Å²) in [4.78, 5) is 33.4. The van der Waals surface area contributed by atoms with Gasteiger partial charge in [-0.3, -0.25) is 9.59 Å². The van der Waals surface area contributed by atoms with E-state index in [9.17, 15) is 23.1 Å². The molecule has 1 aromatic carbocycles. The van der Waals surface area contributed by atoms with Gasteiger partial charge in [0.2, 0.25) is 11.8 Å². The highest BCUT2D eigenvalue weighted by Gasteiger charge is 2.54. The number of hydrogen-bond acceptors (Lipinski definition) is 7. The predicted molar refractivity (Wildman–Crippen MR) is 149 cm³/mol. The summed E-state index contributed by atoms with van der Waals surface area (Å²) in [6.07, 6.45) is 1.77. The third kappa shape index (κ3) is 5.40. The molecule has 2 N–H and O–H groups in total. The molecule has 0 aliphatic heterocycles. The van der Waals surface area contributed by atoms with E-state index in [0.29, 0.717) is 18.2 Å². The van der Waals surface area contributed by atoms with Crippen molar-refractivity contribution in [2.75, 3.05) is 24.2 Å². The molecule has 2 aliphatic rings. The molecule has 1 heterocycles. The van der Waals surface area contributed by atoms with Gasteiger partial charge >= 0.3 is 0 Å². The summed E-state index contributed by atoms with van der Waals surface area (Å²) in [6, 6.07) is 7.93. The molecular weight excluding hydrogens is 522 g/mol. The number of sulfone groups is 1. The van der Waals surface area contributed by atoms with Crippen LogP contribution in [0.1, 0.15) is 63.9 Å². The number of amides is 2. The van der Waals surface area contributed by atoms with Crippen LogP contribution in [-0.2, 0) is 25.8 Å². The lowest BCUT2D eigenvalue weighted by Gasteiger charge is -2.53. The van der Waals surface area contributed by atoms with Gasteiger partial charge < -0.3 is 15.3 Å². The van der Waals surface area contributed by atoms with Gasteiger partial charge in [0.15, 0.2) is 15.0 Å². The van der Waals surface area contributed by atoms with Crippen LogP contribution < -0.4 is 5.32 Å². The van der Waals surface area contributed by atoms with Crippen LogP contribution in [0.25, 0.3) is 0 Å². The fraction of sp³-hybridized carbons (Fsp3) is 0.607. The van der Waals surface area contributed by atoms with Crippen LogP contribution in [0.15, 0.2) is 35.2 Å². The number of nitrogens with zero attached hydrogens (tertiary/aromatic N) is 2. The summed E-state index contributed by atoms with van der Waals surface area (Å²) in [7, 11) is -3.76. The molecule has 2 amide bonds. The first-order valence-corrected chi connectivity index (χ1v) is 15.9. The number of hydrogen-bond donors (Lipinski definition) is 2. The molecule has 0 saturated heterocycles. The zero-order chi connectivity index (χ0) is 27.8. The monoisotopic (exact) mass is 561 g/mol. The zero-order valence-corrected chi connectivity index (χ0v) is 24.4. The molecule has 1 fully saturated rings. The lowest BCUT2D eigenvalue weighted by molar-refractivity contribution is -0.144. The fourth-order valence-corrected chi connectivity index (χ4v) is 9.08. The minimum atomic E-state index is -3.76. The molecule has 0 unspecified atom stereocenters. The number of nitrogens with one attached hydrogen (secondary N) is 1. The summed E-state index contributed by atoms with van der Waals surface area (Å²) in [5, 5.41) is 14.7. The molecule has 0 radical (unpaired) electrons. The number of carbonyl (C=O) groups is 2. The van der Waals surface area contributed by atoms with Crippen molar-refractivity contribution < 1.29 is 23.1 Å². The third-order valence-corrected chi connectivity index (χ3v) is 11.3. The molecule has 2 aliphatic carbocycles. The van der Waals surface area contributed by atoms with E-state index >= 15 is 0 Å². The van der Waals surface area contributed by atoms with Gasteiger partial charge in [-0.15, -0.1) is 11.3 Å². The highest BCUT2D eigenvalue weighted by Crippen LogP contribution is 2.57. The highest BCUT2D eigenvalue weighted by molar-refractivity contribution is 7.92. The van der Waals surface area contributed by atoms with Crippen LogP contribution in [0.2, 0.25) is 0 Å². The summed E-state index contributed by atoms with van der Waals surface area (Å²) in [5.41, 5.74) is 0.700. The van der Waals surface area contributed by atoms with Crippen molar-refractivity contribution in [2.45, 2.75) is 70.8 Å². The number of carbonyl (C=O) groups excluding carboxylic acids is 2. The number of aliphatic hydroxyl groups excluding tert-OH is 1. The van der Waals surface area contributed by atoms with Gasteiger partial charge in [-0.1, -0.05) is 39.0 Å². The van der Waals surface area contributed by atoms with E-state index in [-0.39, 0.29) is 39.9 Å². The van der Waals surface area contributed by atoms with E-state index in [1.807, 2.05) is 25.7 Å². The summed E-state index contributed by atoms with van der Waals surface area (Å²) in [6.45, 7) is 11.5. The second-order valence-electron chi connectivity index (χ2n) is 11.1. The van der Waals surface area contributed by atoms with Crippen LogP contribution in [0.3, 0.4) is 0 Å². The van der Waals surface area contributed by atoms with Gasteiger partial charge in [-0.05, 0) is 62.5 Å². The topological polar surface area (TPSA) is 117 Å². The minimum absolute atomic E-state index is 0.0627. The van der Waals surface area contributed by atoms with Gasteiger partial charge in [0.25, 0.3) is 0 Å². The maximum Gasteiger partial charge on any atom is 0.241 e. The van der Waals surface area contributed by atoms with Gasteiger partial charge in [0.1, 0.15) is 5.75 Å². The summed E-state index contributed by atoms with van der Waals surface area (Å²) >= 11 is 1.39. The molecule has 0 spiro atoms. The maximum absolute atomic E-state index is 13.1. The number of anilines is 1. The normalized spacial score (nSPS) is 27.6. The number of aromatic nitrogens is 1. The molecular formula is C28H39N3O5S2. The lowest BCUT2D eigenvalue weighted by Crippen LogP contribution is -2.53. The molecule has 4 rings (SSSR count). The minimum Gasteiger partial charge on any atom is -0.392 e. The Morgan fingerprint density at radius 3 is 2.53 bits per heavy atom. The van der Waals surface area contributed by atoms with Crippen molar-refractivity contribution in [3.63, 3.8) is 0 Å². The number of benzene rings is 1. The molecule has 6 atom stereocenters. The maximum atomic E-state index is 13.1. The van der Waals surface area contributed by atoms with Crippen LogP contribution in [-0.4, -0.2) is 60.2 Å². The van der Waals surface area contributed by atoms with Gasteiger partial charge in [0, 0.05) is 29.8 Å². The number of rotatable bonds is 8. The van der Waals surface area contributed by atoms with E-state index in [1.54, 1.807) is 18.2 Å². The molecule has 10 heteroatoms. The van der Waals surface area contributed by atoms with Crippen LogP contribution in [0.5, 0.6) is 0 Å². The van der Waals surface area contributed by atoms with Crippen molar-refractivity contribution in [3.8, 4) is 0 Å². The van der Waals surface area contributed by atoms with E-state index in [2.05, 4.69) is 19.2 Å². The highest BCUT2D eigenvalue weighted by atomic mass is 32.2. The SMILES string of the molecule is CCN(CC)C(=O)[C@@H](C)[C@@H]1CC[C@@]2(C)Cc3sc(NC(=O)CS(=O)(=O)c4ccccc4)nc3[C@@H](C)[C@@H]2[C@H]1O. The lowest BCUT2D eigenvalue weighted by atomic mass is 9.53. The van der Waals surface area contributed by atoms with Crippen molar-refractivity contribution in [3.05, 3.63) is 40.9 Å². The van der Waals surface area contributed by atoms with E-state index in [0.717, 1.165) is 29.8 Å². The summed E-state index contributed by atoms with van der Waals surface area (Å²) in [5.74, 6) is -1.70. The molecule has 1 aromatic heterocycles. The molecule has 2 aromatic rings. The van der Waals surface area contributed by atoms with E-state index in [1.165, 1.54) is 23.5 Å². The molecule has 1 saturated carbocycles. The average molecular weight is 562 g/mol. The van der Waals surface area contributed by atoms with Gasteiger partial charge in [0.05, 0.1) is 16.7 Å². The van der Waals surface area contributed by atoms with Crippen LogP contribution >= 0.6 is 11.3 Å². The molecule has 8 nitrogen and oxygen atoms in total. The number of thiazole rings is 1. The number of fused-ring (bicyclic) bond motifs is 2. The first-order chi connectivity index (χ1) is 17.9. The first-order valence-electron chi connectivity index (χ1n) is 13.5. The Hall–Kier alpha value is -2.30. The Kier molecular flexibility index (Phi) is 8.35. The Labute approximate surface area is 229 Å². The van der Waals surface area contributed by atoms with Crippen LogP contribution in [0, 0.1) is 23.2 Å². The van der Waals surface area contributed by atoms with Crippen molar-refractivity contribution in [2.24, 2.45) is 23.2 Å². The van der Waals surface area contributed by atoms with Gasteiger partial charge in [-0.2, -0.15) is 0 Å². The van der Waals surface area contributed by atoms with Gasteiger partial charge in [-0.25, -0.2) is 13.4 Å². The molecule has 0 bridgehead atoms. The van der Waals surface area contributed by atoms with Crippen LogP contribution in [0.4, 0.5) is 5.13 Å².